The van der Waals surface area contributed by atoms with Crippen LogP contribution in [-0.4, -0.2) is 22.2 Å². The van der Waals surface area contributed by atoms with Crippen molar-refractivity contribution in [1.29, 1.82) is 0 Å². The molecule has 0 radical (unpaired) electrons. The van der Waals surface area contributed by atoms with E-state index in [4.69, 9.17) is 34.8 Å². The maximum Gasteiger partial charge on any atom is 0.397 e. The zero-order valence-corrected chi connectivity index (χ0v) is 18.3. The average Bonchev–Trinajstić information content (AvgIpc) is 3.25. The first kappa shape index (κ1) is 24.7. The van der Waals surface area contributed by atoms with Crippen LogP contribution in [0.4, 0.5) is 22.0 Å². The molecule has 32 heavy (non-hydrogen) atoms. The molecule has 2 unspecified atom stereocenters. The molecule has 172 valence electrons. The molecule has 11 heteroatoms. The molecule has 1 aliphatic carbocycles. The summed E-state index contributed by atoms with van der Waals surface area (Å²) >= 11 is 18.3. The fourth-order valence-electron chi connectivity index (χ4n) is 3.47. The summed E-state index contributed by atoms with van der Waals surface area (Å²) in [6.45, 7) is -0.474. The number of carbonyl (C=O) groups is 2. The molecular weight excluding hydrogens is 500 g/mol. The smallest absolute Gasteiger partial charge is 0.352 e. The van der Waals surface area contributed by atoms with Gasteiger partial charge in [-0.05, 0) is 29.3 Å². The zero-order valence-electron chi connectivity index (χ0n) is 16.1. The van der Waals surface area contributed by atoms with Crippen LogP contribution >= 0.6 is 34.8 Å². The minimum atomic E-state index is -4.68. The Labute approximate surface area is 194 Å². The molecule has 1 amide bonds. The largest absolute Gasteiger partial charge is 0.397 e. The van der Waals surface area contributed by atoms with Crippen molar-refractivity contribution in [2.75, 3.05) is 0 Å². The number of nitrogens with one attached hydrogen (secondary N) is 1. The molecule has 1 fully saturated rings. The Morgan fingerprint density at radius 3 is 2.31 bits per heavy atom. The molecular formula is C21H15Cl3F5NO2. The van der Waals surface area contributed by atoms with Crippen molar-refractivity contribution in [3.63, 3.8) is 0 Å². The monoisotopic (exact) mass is 513 g/mol. The third-order valence-electron chi connectivity index (χ3n) is 5.03. The Morgan fingerprint density at radius 1 is 1.03 bits per heavy atom. The Bertz CT molecular complexity index is 1060. The maximum absolute atomic E-state index is 14.0. The quantitative estimate of drug-likeness (QED) is 0.370. The second kappa shape index (κ2) is 9.15. The van der Waals surface area contributed by atoms with Crippen LogP contribution in [0, 0.1) is 17.6 Å². The third kappa shape index (κ3) is 5.71. The highest BCUT2D eigenvalue weighted by atomic mass is 35.5. The Hall–Kier alpha value is -1.90. The highest BCUT2D eigenvalue weighted by molar-refractivity contribution is 6.53. The molecule has 0 saturated heterocycles. The van der Waals surface area contributed by atoms with E-state index >= 15 is 0 Å². The lowest BCUT2D eigenvalue weighted by Crippen LogP contribution is -2.28. The Kier molecular flexibility index (Phi) is 7.08. The summed E-state index contributed by atoms with van der Waals surface area (Å²) in [7, 11) is 0. The molecule has 0 aromatic heterocycles. The summed E-state index contributed by atoms with van der Waals surface area (Å²) in [5, 5.41) is 1.86. The van der Waals surface area contributed by atoms with E-state index in [9.17, 15) is 31.5 Å². The predicted octanol–water partition coefficient (Wildman–Crippen LogP) is 5.89. The summed E-state index contributed by atoms with van der Waals surface area (Å²) in [6, 6.07) is 7.57. The number of Topliss-reactive ketones (excluding diaryl/α,β-unsaturated/α-hetero) is 1. The van der Waals surface area contributed by atoms with E-state index in [1.165, 1.54) is 24.3 Å². The van der Waals surface area contributed by atoms with Crippen LogP contribution in [-0.2, 0) is 22.6 Å². The molecule has 2 aromatic carbocycles. The van der Waals surface area contributed by atoms with E-state index in [2.05, 4.69) is 0 Å². The van der Waals surface area contributed by atoms with Gasteiger partial charge in [-0.15, -0.1) is 23.2 Å². The van der Waals surface area contributed by atoms with Gasteiger partial charge in [-0.25, -0.2) is 8.78 Å². The minimum absolute atomic E-state index is 0.0773. The standard InChI is InChI=1S/C21H15Cl3F5NO2/c22-13-7-11(2-4-15(13)26)18-19(21(18,23)24)16(31)6-10-1-3-14(25)12(5-10)9-30-17(32)8-20(27,28)29/h1-5,7,18-19H,6,8-9H2,(H,30,32). The van der Waals surface area contributed by atoms with E-state index in [-0.39, 0.29) is 22.8 Å². The van der Waals surface area contributed by atoms with Crippen LogP contribution in [0.2, 0.25) is 5.02 Å². The number of benzene rings is 2. The highest BCUT2D eigenvalue weighted by Gasteiger charge is 2.66. The molecule has 3 rings (SSSR count). The van der Waals surface area contributed by atoms with E-state index in [0.717, 1.165) is 12.1 Å². The lowest BCUT2D eigenvalue weighted by Gasteiger charge is -2.10. The van der Waals surface area contributed by atoms with Gasteiger partial charge >= 0.3 is 6.18 Å². The van der Waals surface area contributed by atoms with Crippen LogP contribution < -0.4 is 5.32 Å². The van der Waals surface area contributed by atoms with Gasteiger partial charge in [0, 0.05) is 24.4 Å². The van der Waals surface area contributed by atoms with Crippen molar-refractivity contribution < 1.29 is 31.5 Å². The topological polar surface area (TPSA) is 46.2 Å². The average molecular weight is 515 g/mol. The molecule has 0 aliphatic heterocycles. The summed E-state index contributed by atoms with van der Waals surface area (Å²) in [5.41, 5.74) is 0.779. The van der Waals surface area contributed by atoms with Gasteiger partial charge < -0.3 is 5.32 Å². The van der Waals surface area contributed by atoms with E-state index in [1.54, 1.807) is 0 Å². The van der Waals surface area contributed by atoms with Crippen molar-refractivity contribution in [3.8, 4) is 0 Å². The number of ketones is 1. The number of hydrogen-bond acceptors (Lipinski definition) is 2. The van der Waals surface area contributed by atoms with Crippen LogP contribution in [0.15, 0.2) is 36.4 Å². The first-order chi connectivity index (χ1) is 14.8. The fraction of sp³-hybridized carbons (Fsp3) is 0.333. The third-order valence-corrected chi connectivity index (χ3v) is 6.26. The Morgan fingerprint density at radius 2 is 1.69 bits per heavy atom. The summed E-state index contributed by atoms with van der Waals surface area (Å²) < 4.78 is 62.7. The van der Waals surface area contributed by atoms with Gasteiger partial charge in [-0.3, -0.25) is 9.59 Å². The number of rotatable bonds is 7. The lowest BCUT2D eigenvalue weighted by molar-refractivity contribution is -0.153. The van der Waals surface area contributed by atoms with Gasteiger partial charge in [0.25, 0.3) is 0 Å². The van der Waals surface area contributed by atoms with Gasteiger partial charge in [0.1, 0.15) is 28.2 Å². The van der Waals surface area contributed by atoms with Crippen LogP contribution in [0.3, 0.4) is 0 Å². The van der Waals surface area contributed by atoms with Crippen LogP contribution in [0.25, 0.3) is 0 Å². The molecule has 2 atom stereocenters. The highest BCUT2D eigenvalue weighted by Crippen LogP contribution is 2.65. The molecule has 2 aromatic rings. The molecule has 1 saturated carbocycles. The molecule has 0 spiro atoms. The first-order valence-corrected chi connectivity index (χ1v) is 10.4. The van der Waals surface area contributed by atoms with Gasteiger partial charge in [-0.2, -0.15) is 13.2 Å². The van der Waals surface area contributed by atoms with Gasteiger partial charge in [-0.1, -0.05) is 29.8 Å². The molecule has 0 bridgehead atoms. The molecule has 1 N–H and O–H groups in total. The van der Waals surface area contributed by atoms with Crippen molar-refractivity contribution in [2.24, 2.45) is 5.92 Å². The van der Waals surface area contributed by atoms with Crippen molar-refractivity contribution >= 4 is 46.5 Å². The molecule has 3 nitrogen and oxygen atoms in total. The first-order valence-electron chi connectivity index (χ1n) is 9.26. The number of carbonyl (C=O) groups excluding carboxylic acids is 2. The predicted molar refractivity (Wildman–Crippen MR) is 110 cm³/mol. The number of alkyl halides is 5. The van der Waals surface area contributed by atoms with E-state index in [0.29, 0.717) is 11.1 Å². The van der Waals surface area contributed by atoms with Crippen molar-refractivity contribution in [1.82, 2.24) is 5.32 Å². The van der Waals surface area contributed by atoms with Crippen molar-refractivity contribution in [3.05, 3.63) is 69.7 Å². The van der Waals surface area contributed by atoms with Gasteiger partial charge in [0.05, 0.1) is 10.9 Å². The second-order valence-corrected chi connectivity index (χ2v) is 9.29. The maximum atomic E-state index is 14.0. The number of hydrogen-bond donors (Lipinski definition) is 1. The van der Waals surface area contributed by atoms with E-state index in [1.807, 2.05) is 5.32 Å². The summed E-state index contributed by atoms with van der Waals surface area (Å²) in [6.07, 6.45) is -6.54. The summed E-state index contributed by atoms with van der Waals surface area (Å²) in [5.74, 6) is -4.46. The fourth-order valence-corrected chi connectivity index (χ4v) is 4.53. The zero-order chi connectivity index (χ0) is 23.8. The SMILES string of the molecule is O=C(CC(F)(F)F)NCc1cc(CC(=O)C2C(c3ccc(F)c(Cl)c3)C2(Cl)Cl)ccc1F. The van der Waals surface area contributed by atoms with E-state index < -0.39 is 52.9 Å². The second-order valence-electron chi connectivity index (χ2n) is 7.44. The molecule has 0 heterocycles. The number of amides is 1. The van der Waals surface area contributed by atoms with Gasteiger partial charge in [0.2, 0.25) is 5.91 Å². The number of halogens is 8. The normalized spacial score (nSPS) is 19.5. The Balaban J connectivity index is 1.68. The van der Waals surface area contributed by atoms with Crippen molar-refractivity contribution in [2.45, 2.75) is 35.8 Å². The van der Waals surface area contributed by atoms with Crippen LogP contribution in [0.1, 0.15) is 29.0 Å². The van der Waals surface area contributed by atoms with Crippen LogP contribution in [0.5, 0.6) is 0 Å². The van der Waals surface area contributed by atoms with Gasteiger partial charge in [0.15, 0.2) is 0 Å². The molecule has 1 aliphatic rings. The minimum Gasteiger partial charge on any atom is -0.352 e. The summed E-state index contributed by atoms with van der Waals surface area (Å²) in [4.78, 5) is 24.1. The lowest BCUT2D eigenvalue weighted by atomic mass is 10.0.